The fraction of sp³-hybridized carbons (Fsp3) is 0.148. The minimum absolute atomic E-state index is 0.353. The number of halogens is 1. The van der Waals surface area contributed by atoms with Gasteiger partial charge in [-0.3, -0.25) is 4.79 Å². The molecule has 0 unspecified atom stereocenters. The number of pyridine rings is 1. The smallest absolute Gasteiger partial charge is 0.339 e. The number of thiophene rings is 1. The predicted molar refractivity (Wildman–Crippen MR) is 145 cm³/mol. The first kappa shape index (κ1) is 22.7. The molecule has 0 aliphatic heterocycles. The molecular weight excluding hydrogens is 559 g/mol. The van der Waals surface area contributed by atoms with Crippen molar-refractivity contribution in [3.8, 4) is 0 Å². The standard InChI is InChI=1S/C27H21IN2O3S/c28-18-10-12-19(13-11-18)29-24(31)16-33-27(32)25-21-7-1-2-9-23(21)30-26-17(5-3-8-22(25)26)15-20-6-4-14-34-20/h1-2,4,6-7,9-15H,3,5,8,16H2,(H,29,31)/b17-15-. The Hall–Kier alpha value is -3.04. The van der Waals surface area contributed by atoms with E-state index < -0.39 is 5.97 Å². The molecule has 0 radical (unpaired) electrons. The van der Waals surface area contributed by atoms with Crippen LogP contribution in [0.25, 0.3) is 22.6 Å². The van der Waals surface area contributed by atoms with Crippen molar-refractivity contribution < 1.29 is 14.3 Å². The number of hydrogen-bond acceptors (Lipinski definition) is 5. The van der Waals surface area contributed by atoms with Crippen molar-refractivity contribution >= 4 is 74.0 Å². The van der Waals surface area contributed by atoms with Crippen LogP contribution in [0.1, 0.15) is 39.3 Å². The van der Waals surface area contributed by atoms with Crippen LogP contribution in [0.5, 0.6) is 0 Å². The molecule has 0 spiro atoms. The molecule has 2 aromatic heterocycles. The number of hydrogen-bond donors (Lipinski definition) is 1. The summed E-state index contributed by atoms with van der Waals surface area (Å²) in [4.78, 5) is 31.8. The molecule has 0 atom stereocenters. The number of esters is 1. The minimum atomic E-state index is -0.495. The summed E-state index contributed by atoms with van der Waals surface area (Å²) in [6.07, 6.45) is 4.74. The van der Waals surface area contributed by atoms with Gasteiger partial charge in [-0.2, -0.15) is 0 Å². The molecule has 0 fully saturated rings. The van der Waals surface area contributed by atoms with Gasteiger partial charge in [0.25, 0.3) is 5.91 Å². The van der Waals surface area contributed by atoms with Gasteiger partial charge in [0.2, 0.25) is 0 Å². The maximum absolute atomic E-state index is 13.3. The van der Waals surface area contributed by atoms with Gasteiger partial charge >= 0.3 is 5.97 Å². The number of aromatic nitrogens is 1. The lowest BCUT2D eigenvalue weighted by Crippen LogP contribution is -2.22. The zero-order valence-corrected chi connectivity index (χ0v) is 21.2. The number of ether oxygens (including phenoxy) is 1. The number of nitrogens with one attached hydrogen (secondary N) is 1. The number of carbonyl (C=O) groups is 2. The average Bonchev–Trinajstić information content (AvgIpc) is 3.36. The first-order valence-corrected chi connectivity index (χ1v) is 12.9. The van der Waals surface area contributed by atoms with Crippen molar-refractivity contribution in [3.05, 3.63) is 91.3 Å². The highest BCUT2D eigenvalue weighted by Gasteiger charge is 2.26. The van der Waals surface area contributed by atoms with E-state index in [-0.39, 0.29) is 12.5 Å². The second kappa shape index (κ2) is 10.1. The second-order valence-corrected chi connectivity index (χ2v) is 10.2. The number of benzene rings is 2. The molecule has 0 saturated heterocycles. The van der Waals surface area contributed by atoms with E-state index in [1.807, 2.05) is 60.0 Å². The highest BCUT2D eigenvalue weighted by atomic mass is 127. The van der Waals surface area contributed by atoms with Crippen LogP contribution in [-0.4, -0.2) is 23.5 Å². The molecule has 1 N–H and O–H groups in total. The summed E-state index contributed by atoms with van der Waals surface area (Å²) in [6.45, 7) is -0.353. The number of allylic oxidation sites excluding steroid dienone is 1. The fourth-order valence-corrected chi connectivity index (χ4v) is 5.23. The zero-order chi connectivity index (χ0) is 23.5. The summed E-state index contributed by atoms with van der Waals surface area (Å²) >= 11 is 3.88. The molecule has 1 aliphatic carbocycles. The molecule has 0 bridgehead atoms. The van der Waals surface area contributed by atoms with Gasteiger partial charge in [-0.25, -0.2) is 9.78 Å². The molecule has 7 heteroatoms. The van der Waals surface area contributed by atoms with Crippen LogP contribution in [0.4, 0.5) is 5.69 Å². The number of rotatable bonds is 5. The Morgan fingerprint density at radius 1 is 1.06 bits per heavy atom. The molecule has 34 heavy (non-hydrogen) atoms. The number of carbonyl (C=O) groups excluding carboxylic acids is 2. The van der Waals surface area contributed by atoms with Crippen LogP contribution in [0.3, 0.4) is 0 Å². The molecule has 2 heterocycles. The highest BCUT2D eigenvalue weighted by molar-refractivity contribution is 14.1. The Morgan fingerprint density at radius 2 is 1.88 bits per heavy atom. The maximum Gasteiger partial charge on any atom is 0.339 e. The summed E-state index contributed by atoms with van der Waals surface area (Å²) in [5, 5.41) is 5.57. The summed E-state index contributed by atoms with van der Waals surface area (Å²) in [6, 6.07) is 19.1. The molecule has 0 saturated carbocycles. The van der Waals surface area contributed by atoms with E-state index in [4.69, 9.17) is 9.72 Å². The van der Waals surface area contributed by atoms with E-state index in [0.717, 1.165) is 55.4 Å². The van der Waals surface area contributed by atoms with Gasteiger partial charge in [0, 0.05) is 19.5 Å². The van der Waals surface area contributed by atoms with Crippen molar-refractivity contribution in [2.24, 2.45) is 0 Å². The quantitative estimate of drug-likeness (QED) is 0.214. The topological polar surface area (TPSA) is 68.3 Å². The number of anilines is 1. The Kier molecular flexibility index (Phi) is 6.73. The first-order valence-electron chi connectivity index (χ1n) is 11.0. The van der Waals surface area contributed by atoms with E-state index in [1.54, 1.807) is 11.3 Å². The van der Waals surface area contributed by atoms with Crippen molar-refractivity contribution in [1.82, 2.24) is 4.98 Å². The Morgan fingerprint density at radius 3 is 2.68 bits per heavy atom. The fourth-order valence-electron chi connectivity index (χ4n) is 4.19. The predicted octanol–water partition coefficient (Wildman–Crippen LogP) is 6.57. The zero-order valence-electron chi connectivity index (χ0n) is 18.2. The van der Waals surface area contributed by atoms with Gasteiger partial charge < -0.3 is 10.1 Å². The number of para-hydroxylation sites is 1. The molecule has 2 aromatic carbocycles. The average molecular weight is 580 g/mol. The lowest BCUT2D eigenvalue weighted by molar-refractivity contribution is -0.119. The first-order chi connectivity index (χ1) is 16.6. The SMILES string of the molecule is O=C(COC(=O)c1c2c(nc3ccccc13)/C(=C\c1cccs1)CCC2)Nc1ccc(I)cc1. The van der Waals surface area contributed by atoms with E-state index in [0.29, 0.717) is 11.3 Å². The lowest BCUT2D eigenvalue weighted by Gasteiger charge is -2.22. The molecule has 1 aliphatic rings. The Bertz CT molecular complexity index is 1400. The normalized spacial score (nSPS) is 14.1. The largest absolute Gasteiger partial charge is 0.452 e. The van der Waals surface area contributed by atoms with Crippen LogP contribution in [0, 0.1) is 3.57 Å². The van der Waals surface area contributed by atoms with Gasteiger partial charge in [0.1, 0.15) is 0 Å². The maximum atomic E-state index is 13.3. The van der Waals surface area contributed by atoms with Crippen molar-refractivity contribution in [3.63, 3.8) is 0 Å². The summed E-state index contributed by atoms with van der Waals surface area (Å²) in [5.74, 6) is -0.870. The number of amides is 1. The highest BCUT2D eigenvalue weighted by Crippen LogP contribution is 2.36. The van der Waals surface area contributed by atoms with Crippen LogP contribution < -0.4 is 5.32 Å². The monoisotopic (exact) mass is 580 g/mol. The van der Waals surface area contributed by atoms with Crippen LogP contribution in [-0.2, 0) is 16.0 Å². The van der Waals surface area contributed by atoms with E-state index in [2.05, 4.69) is 40.1 Å². The van der Waals surface area contributed by atoms with Gasteiger partial charge in [-0.05, 0) is 101 Å². The molecule has 170 valence electrons. The van der Waals surface area contributed by atoms with Gasteiger partial charge in [-0.15, -0.1) is 11.3 Å². The molecule has 4 aromatic rings. The summed E-state index contributed by atoms with van der Waals surface area (Å²) in [5.41, 5.74) is 4.80. The Labute approximate surface area is 215 Å². The van der Waals surface area contributed by atoms with Crippen molar-refractivity contribution in [2.75, 3.05) is 11.9 Å². The second-order valence-electron chi connectivity index (χ2n) is 8.00. The Balaban J connectivity index is 1.44. The third-order valence-corrected chi connectivity index (χ3v) is 7.23. The van der Waals surface area contributed by atoms with Crippen LogP contribution in [0.2, 0.25) is 0 Å². The lowest BCUT2D eigenvalue weighted by atomic mass is 9.86. The van der Waals surface area contributed by atoms with Gasteiger partial charge in [0.05, 0.1) is 16.8 Å². The third kappa shape index (κ3) is 4.90. The number of fused-ring (bicyclic) bond motifs is 2. The van der Waals surface area contributed by atoms with Gasteiger partial charge in [0.15, 0.2) is 6.61 Å². The molecule has 1 amide bonds. The van der Waals surface area contributed by atoms with Gasteiger partial charge in [-0.1, -0.05) is 24.3 Å². The van der Waals surface area contributed by atoms with E-state index in [1.165, 1.54) is 0 Å². The molecule has 5 rings (SSSR count). The van der Waals surface area contributed by atoms with Crippen LogP contribution in [0.15, 0.2) is 66.0 Å². The van der Waals surface area contributed by atoms with E-state index >= 15 is 0 Å². The van der Waals surface area contributed by atoms with E-state index in [9.17, 15) is 9.59 Å². The molecular formula is C27H21IN2O3S. The summed E-state index contributed by atoms with van der Waals surface area (Å²) < 4.78 is 6.58. The van der Waals surface area contributed by atoms with Crippen LogP contribution >= 0.6 is 33.9 Å². The van der Waals surface area contributed by atoms with Crippen molar-refractivity contribution in [2.45, 2.75) is 19.3 Å². The number of nitrogens with zero attached hydrogens (tertiary/aromatic N) is 1. The molecule has 5 nitrogen and oxygen atoms in total. The third-order valence-electron chi connectivity index (χ3n) is 5.70. The summed E-state index contributed by atoms with van der Waals surface area (Å²) in [7, 11) is 0. The van der Waals surface area contributed by atoms with Crippen molar-refractivity contribution in [1.29, 1.82) is 0 Å². The minimum Gasteiger partial charge on any atom is -0.452 e.